The summed E-state index contributed by atoms with van der Waals surface area (Å²) in [6.07, 6.45) is 0. The van der Waals surface area contributed by atoms with Crippen LogP contribution in [0.1, 0.15) is 22.3 Å². The maximum atomic E-state index is 8.78. The van der Waals surface area contributed by atoms with Crippen molar-refractivity contribution in [2.45, 2.75) is 13.1 Å². The van der Waals surface area contributed by atoms with E-state index in [-0.39, 0.29) is 0 Å². The van der Waals surface area contributed by atoms with Crippen LogP contribution in [0.5, 0.6) is 0 Å². The largest absolute Gasteiger partial charge is 0.211 e. The lowest BCUT2D eigenvalue weighted by Gasteiger charge is -2.03. The van der Waals surface area contributed by atoms with Crippen molar-refractivity contribution in [2.24, 2.45) is 0 Å². The summed E-state index contributed by atoms with van der Waals surface area (Å²) in [5, 5.41) is 17.6. The van der Waals surface area contributed by atoms with Gasteiger partial charge in [-0.25, -0.2) is 0 Å². The molecule has 0 heterocycles. The molecule has 23 heavy (non-hydrogen) atoms. The predicted molar refractivity (Wildman–Crippen MR) is 93.6 cm³/mol. The van der Waals surface area contributed by atoms with E-state index < -0.39 is 8.07 Å². The highest BCUT2D eigenvalue weighted by Crippen LogP contribution is 2.05. The minimum absolute atomic E-state index is 0.632. The van der Waals surface area contributed by atoms with Crippen LogP contribution in [-0.2, 0) is 0 Å². The molecule has 0 aromatic heterocycles. The average molecular weight is 310 g/mol. The molecular formula is C20H14N2Si. The van der Waals surface area contributed by atoms with Crippen molar-refractivity contribution in [3.63, 3.8) is 0 Å². The molecule has 0 saturated heterocycles. The second kappa shape index (κ2) is 7.15. The SMILES string of the molecule is C[Si](C)(C#Cc1ccc(C#N)cc1)C#Cc1ccc(C#N)cc1. The molecule has 108 valence electrons. The van der Waals surface area contributed by atoms with Crippen LogP contribution < -0.4 is 0 Å². The molecule has 2 aromatic carbocycles. The molecule has 0 saturated carbocycles. The molecule has 0 spiro atoms. The molecule has 2 rings (SSSR count). The Morgan fingerprint density at radius 3 is 1.22 bits per heavy atom. The fourth-order valence-corrected chi connectivity index (χ4v) is 2.72. The van der Waals surface area contributed by atoms with E-state index in [9.17, 15) is 0 Å². The van der Waals surface area contributed by atoms with Gasteiger partial charge >= 0.3 is 0 Å². The molecular weight excluding hydrogens is 296 g/mol. The summed E-state index contributed by atoms with van der Waals surface area (Å²) in [7, 11) is -1.96. The summed E-state index contributed by atoms with van der Waals surface area (Å²) in [5.41, 5.74) is 9.62. The summed E-state index contributed by atoms with van der Waals surface area (Å²) >= 11 is 0. The van der Waals surface area contributed by atoms with Gasteiger partial charge in [-0.3, -0.25) is 0 Å². The maximum absolute atomic E-state index is 8.78. The lowest BCUT2D eigenvalue weighted by molar-refractivity contribution is 1.48. The summed E-state index contributed by atoms with van der Waals surface area (Å²) in [5.74, 6) is 6.30. The molecule has 3 heteroatoms. The van der Waals surface area contributed by atoms with Crippen LogP contribution in [0.2, 0.25) is 13.1 Å². The fourth-order valence-electron chi connectivity index (χ4n) is 1.74. The van der Waals surface area contributed by atoms with Crippen molar-refractivity contribution in [1.82, 2.24) is 0 Å². The Hall–Kier alpha value is -3.24. The molecule has 0 fully saturated rings. The van der Waals surface area contributed by atoms with Crippen molar-refractivity contribution < 1.29 is 0 Å². The van der Waals surface area contributed by atoms with Gasteiger partial charge in [0, 0.05) is 11.1 Å². The molecule has 0 N–H and O–H groups in total. The first-order chi connectivity index (χ1) is 11.0. The first-order valence-corrected chi connectivity index (χ1v) is 10.1. The molecule has 0 aliphatic carbocycles. The van der Waals surface area contributed by atoms with Gasteiger partial charge in [-0.05, 0) is 61.6 Å². The van der Waals surface area contributed by atoms with Gasteiger partial charge < -0.3 is 0 Å². The molecule has 2 nitrogen and oxygen atoms in total. The summed E-state index contributed by atoms with van der Waals surface area (Å²) < 4.78 is 0. The Morgan fingerprint density at radius 2 is 0.913 bits per heavy atom. The van der Waals surface area contributed by atoms with Crippen molar-refractivity contribution in [3.8, 4) is 35.1 Å². The highest BCUT2D eigenvalue weighted by Gasteiger charge is 2.13. The number of benzene rings is 2. The van der Waals surface area contributed by atoms with Crippen LogP contribution >= 0.6 is 0 Å². The zero-order valence-electron chi connectivity index (χ0n) is 13.0. The summed E-state index contributed by atoms with van der Waals surface area (Å²) in [6.45, 7) is 4.20. The van der Waals surface area contributed by atoms with E-state index in [0.29, 0.717) is 11.1 Å². The van der Waals surface area contributed by atoms with Crippen molar-refractivity contribution in [2.75, 3.05) is 0 Å². The Kier molecular flexibility index (Phi) is 5.02. The summed E-state index contributed by atoms with van der Waals surface area (Å²) in [4.78, 5) is 0. The Balaban J connectivity index is 2.16. The second-order valence-corrected chi connectivity index (χ2v) is 9.25. The first kappa shape index (κ1) is 16.1. The Bertz CT molecular complexity index is 824. The van der Waals surface area contributed by atoms with E-state index in [2.05, 4.69) is 48.2 Å². The molecule has 0 amide bonds. The number of rotatable bonds is 0. The Labute approximate surface area is 138 Å². The molecule has 0 atom stereocenters. The van der Waals surface area contributed by atoms with E-state index in [1.807, 2.05) is 24.3 Å². The third-order valence-corrected chi connectivity index (χ3v) is 4.57. The van der Waals surface area contributed by atoms with Gasteiger partial charge in [-0.2, -0.15) is 10.5 Å². The van der Waals surface area contributed by atoms with Gasteiger partial charge in [-0.15, -0.1) is 11.1 Å². The van der Waals surface area contributed by atoms with Gasteiger partial charge in [0.05, 0.1) is 23.3 Å². The van der Waals surface area contributed by atoms with Gasteiger partial charge in [-0.1, -0.05) is 11.8 Å². The van der Waals surface area contributed by atoms with E-state index in [0.717, 1.165) is 11.1 Å². The first-order valence-electron chi connectivity index (χ1n) is 7.09. The molecule has 0 aliphatic heterocycles. The zero-order chi connectivity index (χ0) is 16.7. The molecule has 0 aliphatic rings. The minimum atomic E-state index is -1.96. The topological polar surface area (TPSA) is 47.6 Å². The van der Waals surface area contributed by atoms with Crippen LogP contribution in [0.4, 0.5) is 0 Å². The molecule has 2 aromatic rings. The normalized spacial score (nSPS) is 9.39. The number of nitriles is 2. The van der Waals surface area contributed by atoms with Crippen molar-refractivity contribution >= 4 is 8.07 Å². The quantitative estimate of drug-likeness (QED) is 0.551. The average Bonchev–Trinajstić information content (AvgIpc) is 2.59. The third-order valence-electron chi connectivity index (χ3n) is 3.07. The number of hydrogen-bond donors (Lipinski definition) is 0. The van der Waals surface area contributed by atoms with Crippen LogP contribution in [0, 0.1) is 45.6 Å². The van der Waals surface area contributed by atoms with Gasteiger partial charge in [0.15, 0.2) is 0 Å². The third kappa shape index (κ3) is 4.91. The van der Waals surface area contributed by atoms with E-state index in [1.165, 1.54) is 0 Å². The zero-order valence-corrected chi connectivity index (χ0v) is 14.0. The number of nitrogens with zero attached hydrogens (tertiary/aromatic N) is 2. The molecule has 0 bridgehead atoms. The monoisotopic (exact) mass is 310 g/mol. The van der Waals surface area contributed by atoms with Crippen LogP contribution in [0.25, 0.3) is 0 Å². The standard InChI is InChI=1S/C20H14N2Si/c1-23(2,13-11-17-3-7-19(15-21)8-4-17)14-12-18-5-9-20(16-22)10-6-18/h3-10H,1-2H3. The highest BCUT2D eigenvalue weighted by molar-refractivity contribution is 6.92. The lowest BCUT2D eigenvalue weighted by atomic mass is 10.2. The summed E-state index contributed by atoms with van der Waals surface area (Å²) in [6, 6.07) is 18.6. The molecule has 0 radical (unpaired) electrons. The molecule has 0 unspecified atom stereocenters. The van der Waals surface area contributed by atoms with Crippen molar-refractivity contribution in [1.29, 1.82) is 10.5 Å². The van der Waals surface area contributed by atoms with Gasteiger partial charge in [0.2, 0.25) is 8.07 Å². The van der Waals surface area contributed by atoms with Gasteiger partial charge in [0.1, 0.15) is 0 Å². The Morgan fingerprint density at radius 1 is 0.609 bits per heavy atom. The number of hydrogen-bond acceptors (Lipinski definition) is 2. The predicted octanol–water partition coefficient (Wildman–Crippen LogP) is 3.62. The second-order valence-electron chi connectivity index (χ2n) is 5.50. The minimum Gasteiger partial charge on any atom is -0.192 e. The van der Waals surface area contributed by atoms with Crippen LogP contribution in [0.15, 0.2) is 48.5 Å². The smallest absolute Gasteiger partial charge is 0.192 e. The fraction of sp³-hybridized carbons (Fsp3) is 0.100. The van der Waals surface area contributed by atoms with E-state index in [1.54, 1.807) is 24.3 Å². The van der Waals surface area contributed by atoms with Crippen molar-refractivity contribution in [3.05, 3.63) is 70.8 Å². The lowest BCUT2D eigenvalue weighted by Crippen LogP contribution is -2.21. The van der Waals surface area contributed by atoms with Crippen LogP contribution in [-0.4, -0.2) is 8.07 Å². The van der Waals surface area contributed by atoms with E-state index >= 15 is 0 Å². The maximum Gasteiger partial charge on any atom is 0.211 e. The van der Waals surface area contributed by atoms with Crippen LogP contribution in [0.3, 0.4) is 0 Å². The van der Waals surface area contributed by atoms with E-state index in [4.69, 9.17) is 10.5 Å². The highest BCUT2D eigenvalue weighted by atomic mass is 28.3. The van der Waals surface area contributed by atoms with Gasteiger partial charge in [0.25, 0.3) is 0 Å².